The van der Waals surface area contributed by atoms with E-state index in [4.69, 9.17) is 0 Å². The molecule has 109 heavy (non-hydrogen) atoms. The fourth-order valence-electron chi connectivity index (χ4n) is 15.5. The molecule has 0 atom stereocenters. The van der Waals surface area contributed by atoms with Crippen molar-refractivity contribution >= 4 is 86.2 Å². The topological polar surface area (TPSA) is 0 Å². The Balaban J connectivity index is 0.000000105. The molecule has 20 aromatic rings. The fraction of sp³-hybridized carbons (Fsp3) is 0.0459. The highest BCUT2D eigenvalue weighted by molar-refractivity contribution is 6.25. The lowest BCUT2D eigenvalue weighted by atomic mass is 9.93. The molecule has 0 heteroatoms. The molecule has 0 nitrogen and oxygen atoms in total. The molecule has 0 bridgehead atoms. The van der Waals surface area contributed by atoms with Crippen LogP contribution in [0.1, 0.15) is 27.8 Å². The molecule has 0 fully saturated rings. The summed E-state index contributed by atoms with van der Waals surface area (Å²) in [6.45, 7) is 10.8. The summed E-state index contributed by atoms with van der Waals surface area (Å²) in [6.07, 6.45) is 0. The fourth-order valence-corrected chi connectivity index (χ4v) is 15.5. The van der Waals surface area contributed by atoms with E-state index in [0.29, 0.717) is 0 Å². The SMILES string of the molecule is Cc1cc(-c2ccc3ccccc3c2)cc(-c2cccc3ccccc23)c1.Cc1cc(-c2ccccc2)cc(-c2ccc3ccccc3c2)c1.Cc1cc(-c2ccccc2)cc(-c2cccc3ccccc23)c1.Cc1ccc2c3ccccc3c3ccccc3c2c1.Cc1cccc(-c2ccc3ccccc3c2)c1. The molecule has 0 N–H and O–H groups in total. The summed E-state index contributed by atoms with van der Waals surface area (Å²) in [6, 6.07) is 150. The average molecular weight is 1390 g/mol. The number of hydrogen-bond donors (Lipinski definition) is 0. The van der Waals surface area contributed by atoms with Crippen LogP contribution in [-0.4, -0.2) is 0 Å². The Labute approximate surface area is 640 Å². The second-order valence-corrected chi connectivity index (χ2v) is 28.7. The van der Waals surface area contributed by atoms with Gasteiger partial charge in [0, 0.05) is 0 Å². The Morgan fingerprint density at radius 2 is 0.376 bits per heavy atom. The highest BCUT2D eigenvalue weighted by atomic mass is 14.2. The molecular weight excluding hydrogens is 1310 g/mol. The van der Waals surface area contributed by atoms with Crippen molar-refractivity contribution in [1.29, 1.82) is 0 Å². The van der Waals surface area contributed by atoms with E-state index < -0.39 is 0 Å². The zero-order valence-corrected chi connectivity index (χ0v) is 62.3. The van der Waals surface area contributed by atoms with Crippen molar-refractivity contribution in [2.75, 3.05) is 0 Å². The molecule has 0 aliphatic carbocycles. The minimum atomic E-state index is 1.26. The lowest BCUT2D eigenvalue weighted by Crippen LogP contribution is -1.86. The molecule has 520 valence electrons. The predicted octanol–water partition coefficient (Wildman–Crippen LogP) is 30.9. The van der Waals surface area contributed by atoms with Gasteiger partial charge in [0.05, 0.1) is 0 Å². The zero-order valence-electron chi connectivity index (χ0n) is 62.3. The van der Waals surface area contributed by atoms with Crippen molar-refractivity contribution in [2.24, 2.45) is 0 Å². The van der Waals surface area contributed by atoms with Crippen molar-refractivity contribution < 1.29 is 0 Å². The minimum absolute atomic E-state index is 1.26. The molecule has 0 aliphatic rings. The van der Waals surface area contributed by atoms with E-state index >= 15 is 0 Å². The first-order valence-electron chi connectivity index (χ1n) is 37.8. The van der Waals surface area contributed by atoms with Gasteiger partial charge in [-0.2, -0.15) is 0 Å². The lowest BCUT2D eigenvalue weighted by molar-refractivity contribution is 1.46. The Hall–Kier alpha value is -13.5. The van der Waals surface area contributed by atoms with E-state index in [1.54, 1.807) is 0 Å². The van der Waals surface area contributed by atoms with Crippen molar-refractivity contribution in [3.05, 3.63) is 446 Å². The van der Waals surface area contributed by atoms with Gasteiger partial charge in [-0.1, -0.05) is 393 Å². The minimum Gasteiger partial charge on any atom is -0.0622 e. The molecule has 0 spiro atoms. The van der Waals surface area contributed by atoms with Crippen LogP contribution in [0.2, 0.25) is 0 Å². The van der Waals surface area contributed by atoms with Crippen LogP contribution in [0.25, 0.3) is 164 Å². The molecule has 20 rings (SSSR count). The maximum absolute atomic E-state index is 2.32. The second-order valence-electron chi connectivity index (χ2n) is 28.7. The summed E-state index contributed by atoms with van der Waals surface area (Å²) in [5.41, 5.74) is 24.3. The molecular formula is C109H84. The molecule has 0 radical (unpaired) electrons. The quantitative estimate of drug-likeness (QED) is 0.140. The van der Waals surface area contributed by atoms with E-state index in [1.807, 2.05) is 0 Å². The van der Waals surface area contributed by atoms with Crippen LogP contribution in [0.15, 0.2) is 419 Å². The van der Waals surface area contributed by atoms with Crippen molar-refractivity contribution in [1.82, 2.24) is 0 Å². The molecule has 0 amide bonds. The lowest BCUT2D eigenvalue weighted by Gasteiger charge is -2.11. The number of aryl methyl sites for hydroxylation is 5. The van der Waals surface area contributed by atoms with Crippen LogP contribution in [0, 0.1) is 34.6 Å². The van der Waals surface area contributed by atoms with Gasteiger partial charge in [0.2, 0.25) is 0 Å². The highest BCUT2D eigenvalue weighted by Gasteiger charge is 2.13. The predicted molar refractivity (Wildman–Crippen MR) is 474 cm³/mol. The molecule has 0 aromatic heterocycles. The molecule has 0 saturated heterocycles. The molecule has 20 aromatic carbocycles. The first-order valence-corrected chi connectivity index (χ1v) is 37.8. The van der Waals surface area contributed by atoms with Crippen LogP contribution in [0.4, 0.5) is 0 Å². The molecule has 0 heterocycles. The number of fused-ring (bicyclic) bond motifs is 11. The van der Waals surface area contributed by atoms with Gasteiger partial charge in [-0.05, 0) is 252 Å². The maximum atomic E-state index is 2.32. The third-order valence-corrected chi connectivity index (χ3v) is 20.8. The Morgan fingerprint density at radius 3 is 0.789 bits per heavy atom. The summed E-state index contributed by atoms with van der Waals surface area (Å²) >= 11 is 0. The summed E-state index contributed by atoms with van der Waals surface area (Å²) in [5.74, 6) is 0. The van der Waals surface area contributed by atoms with Gasteiger partial charge in [0.15, 0.2) is 0 Å². The smallest absolute Gasteiger partial charge is 0.00963 e. The van der Waals surface area contributed by atoms with Gasteiger partial charge in [-0.25, -0.2) is 0 Å². The van der Waals surface area contributed by atoms with E-state index in [2.05, 4.69) is 453 Å². The zero-order chi connectivity index (χ0) is 74.0. The van der Waals surface area contributed by atoms with Gasteiger partial charge in [0.25, 0.3) is 0 Å². The van der Waals surface area contributed by atoms with Crippen molar-refractivity contribution in [2.45, 2.75) is 34.6 Å². The van der Waals surface area contributed by atoms with Gasteiger partial charge >= 0.3 is 0 Å². The standard InChI is InChI=1S/C27H20.2C23H18.C19H14.C17H14/c1-19-15-24(23-14-13-20-7-2-3-9-22(20)17-23)18-25(16-19)27-12-6-10-21-8-4-5-11-26(21)27;1-17-14-20(18-8-3-2-4-9-18)16-21(15-17)23-13-7-11-19-10-5-6-12-22(19)23;1-17-13-22(18-7-3-2-4-8-18)16-23(14-17)21-12-11-19-9-5-6-10-20(19)15-21;1-13-10-11-18-16-8-3-2-6-14(16)15-7-4-5-9-17(15)19(18)12-13;1-13-5-4-8-15(11-13)17-10-9-14-6-2-3-7-16(14)12-17/h2-18H,1H3;2*2-16H,1H3;2-12H,1H3;2-12H,1H3. The van der Waals surface area contributed by atoms with Gasteiger partial charge in [0.1, 0.15) is 0 Å². The Bertz CT molecular complexity index is 6600. The summed E-state index contributed by atoms with van der Waals surface area (Å²) < 4.78 is 0. The average Bonchev–Trinajstić information content (AvgIpc) is 0.750. The second kappa shape index (κ2) is 32.1. The van der Waals surface area contributed by atoms with Crippen LogP contribution in [-0.2, 0) is 0 Å². The number of benzene rings is 20. The first-order chi connectivity index (χ1) is 53.5. The largest absolute Gasteiger partial charge is 0.0622 e. The van der Waals surface area contributed by atoms with Crippen molar-refractivity contribution in [3.8, 4) is 77.9 Å². The monoisotopic (exact) mass is 1390 g/mol. The molecule has 0 unspecified atom stereocenters. The molecule has 0 aliphatic heterocycles. The van der Waals surface area contributed by atoms with Crippen LogP contribution < -0.4 is 0 Å². The Kier molecular flexibility index (Phi) is 20.5. The van der Waals surface area contributed by atoms with Gasteiger partial charge in [-0.15, -0.1) is 0 Å². The maximum Gasteiger partial charge on any atom is -0.00963 e. The third kappa shape index (κ3) is 15.9. The van der Waals surface area contributed by atoms with Crippen molar-refractivity contribution in [3.63, 3.8) is 0 Å². The number of rotatable bonds is 7. The van der Waals surface area contributed by atoms with Crippen LogP contribution in [0.5, 0.6) is 0 Å². The van der Waals surface area contributed by atoms with E-state index in [1.165, 1.54) is 192 Å². The highest BCUT2D eigenvalue weighted by Crippen LogP contribution is 2.39. The third-order valence-electron chi connectivity index (χ3n) is 20.8. The van der Waals surface area contributed by atoms with Crippen LogP contribution in [0.3, 0.4) is 0 Å². The molecule has 0 saturated carbocycles. The normalized spacial score (nSPS) is 11.0. The first kappa shape index (κ1) is 69.8. The van der Waals surface area contributed by atoms with E-state index in [0.717, 1.165) is 0 Å². The Morgan fingerprint density at radius 1 is 0.110 bits per heavy atom. The van der Waals surface area contributed by atoms with Gasteiger partial charge < -0.3 is 0 Å². The summed E-state index contributed by atoms with van der Waals surface area (Å²) in [4.78, 5) is 0. The van der Waals surface area contributed by atoms with E-state index in [-0.39, 0.29) is 0 Å². The summed E-state index contributed by atoms with van der Waals surface area (Å²) in [7, 11) is 0. The summed E-state index contributed by atoms with van der Waals surface area (Å²) in [5, 5.41) is 21.0. The van der Waals surface area contributed by atoms with E-state index in [9.17, 15) is 0 Å². The van der Waals surface area contributed by atoms with Gasteiger partial charge in [-0.3, -0.25) is 0 Å². The number of hydrogen-bond acceptors (Lipinski definition) is 0. The van der Waals surface area contributed by atoms with Crippen LogP contribution >= 0.6 is 0 Å².